The highest BCUT2D eigenvalue weighted by molar-refractivity contribution is 5.81. The molecule has 132 valence electrons. The van der Waals surface area contributed by atoms with Crippen molar-refractivity contribution >= 4 is 23.7 Å². The average molecular weight is 337 g/mol. The summed E-state index contributed by atoms with van der Waals surface area (Å²) in [6.07, 6.45) is -0.784. The van der Waals surface area contributed by atoms with Gasteiger partial charge in [0.25, 0.3) is 0 Å². The van der Waals surface area contributed by atoms with Gasteiger partial charge >= 0.3 is 12.1 Å². The number of carbonyl (C=O) groups is 3. The summed E-state index contributed by atoms with van der Waals surface area (Å²) in [6.45, 7) is 4.98. The van der Waals surface area contributed by atoms with Gasteiger partial charge in [0.15, 0.2) is 0 Å². The maximum Gasteiger partial charge on any atom is 0.408 e. The molecule has 0 saturated heterocycles. The highest BCUT2D eigenvalue weighted by Crippen LogP contribution is 2.17. The molecule has 1 atom stereocenters. The molecule has 1 aromatic rings. The highest BCUT2D eigenvalue weighted by atomic mass is 16.6. The molecule has 0 unspecified atom stereocenters. The molecule has 0 bridgehead atoms. The van der Waals surface area contributed by atoms with Crippen molar-refractivity contribution in [1.82, 2.24) is 5.32 Å². The van der Waals surface area contributed by atoms with Crippen LogP contribution in [-0.4, -0.2) is 41.3 Å². The van der Waals surface area contributed by atoms with Crippen molar-refractivity contribution in [3.05, 3.63) is 29.8 Å². The van der Waals surface area contributed by atoms with E-state index < -0.39 is 29.6 Å². The van der Waals surface area contributed by atoms with Crippen molar-refractivity contribution in [2.45, 2.75) is 38.8 Å². The normalized spacial score (nSPS) is 12.1. The molecule has 0 aromatic heterocycles. The number of para-hydroxylation sites is 1. The maximum atomic E-state index is 11.8. The molecule has 24 heavy (non-hydrogen) atoms. The lowest BCUT2D eigenvalue weighted by Crippen LogP contribution is -2.44. The minimum absolute atomic E-state index is 0.0243. The van der Waals surface area contributed by atoms with Gasteiger partial charge in [-0.25, -0.2) is 9.59 Å². The molecule has 0 aliphatic rings. The van der Waals surface area contributed by atoms with Crippen molar-refractivity contribution in [2.24, 2.45) is 5.73 Å². The third-order valence-corrected chi connectivity index (χ3v) is 2.88. The number of primary amides is 1. The first-order valence-electron chi connectivity index (χ1n) is 7.41. The zero-order valence-electron chi connectivity index (χ0n) is 14.0. The number of carboxylic acids is 1. The molecule has 0 aliphatic heterocycles. The third-order valence-electron chi connectivity index (χ3n) is 2.88. The molecule has 2 amide bonds. The topological polar surface area (TPSA) is 131 Å². The molecular formula is C16H23N3O5. The molecular weight excluding hydrogens is 314 g/mol. The number of benzene rings is 1. The summed E-state index contributed by atoms with van der Waals surface area (Å²) in [6, 6.07) is 5.71. The summed E-state index contributed by atoms with van der Waals surface area (Å²) in [7, 11) is 0. The molecule has 1 rings (SSSR count). The molecule has 1 aromatic carbocycles. The Kier molecular flexibility index (Phi) is 6.58. The quantitative estimate of drug-likeness (QED) is 0.589. The van der Waals surface area contributed by atoms with Crippen molar-refractivity contribution in [1.29, 1.82) is 0 Å². The van der Waals surface area contributed by atoms with E-state index in [0.717, 1.165) is 0 Å². The summed E-state index contributed by atoms with van der Waals surface area (Å²) in [4.78, 5) is 34.1. The van der Waals surface area contributed by atoms with Gasteiger partial charge in [-0.05, 0) is 32.4 Å². The Balaban J connectivity index is 2.84. The van der Waals surface area contributed by atoms with E-state index in [4.69, 9.17) is 10.5 Å². The largest absolute Gasteiger partial charge is 0.480 e. The number of hydrogen-bond donors (Lipinski definition) is 4. The van der Waals surface area contributed by atoms with Crippen LogP contribution in [0.4, 0.5) is 10.5 Å². The third kappa shape index (κ3) is 6.99. The van der Waals surface area contributed by atoms with E-state index in [1.54, 1.807) is 45.0 Å². The summed E-state index contributed by atoms with van der Waals surface area (Å²) in [5.74, 6) is -1.72. The number of ether oxygens (including phenoxy) is 1. The van der Waals surface area contributed by atoms with E-state index in [2.05, 4.69) is 10.6 Å². The first kappa shape index (κ1) is 19.3. The lowest BCUT2D eigenvalue weighted by molar-refractivity contribution is -0.139. The molecule has 0 aliphatic carbocycles. The number of hydrogen-bond acceptors (Lipinski definition) is 5. The van der Waals surface area contributed by atoms with Crippen LogP contribution in [0.1, 0.15) is 26.3 Å². The Labute approximate surface area is 140 Å². The number of rotatable bonds is 7. The second-order valence-corrected chi connectivity index (χ2v) is 6.22. The Bertz CT molecular complexity index is 610. The predicted molar refractivity (Wildman–Crippen MR) is 88.6 cm³/mol. The van der Waals surface area contributed by atoms with Crippen LogP contribution in [0.25, 0.3) is 0 Å². The average Bonchev–Trinajstić information content (AvgIpc) is 2.43. The summed E-state index contributed by atoms with van der Waals surface area (Å²) >= 11 is 0. The monoisotopic (exact) mass is 337 g/mol. The maximum absolute atomic E-state index is 11.8. The fraction of sp³-hybridized carbons (Fsp3) is 0.438. The minimum Gasteiger partial charge on any atom is -0.480 e. The van der Waals surface area contributed by atoms with Crippen molar-refractivity contribution in [2.75, 3.05) is 11.9 Å². The molecule has 8 heteroatoms. The molecule has 0 radical (unpaired) electrons. The Morgan fingerprint density at radius 3 is 2.42 bits per heavy atom. The fourth-order valence-corrected chi connectivity index (χ4v) is 1.92. The van der Waals surface area contributed by atoms with Gasteiger partial charge in [-0.1, -0.05) is 18.2 Å². The SMILES string of the molecule is CC(C)(C)OC(=O)N[C@@H](Cc1ccccc1NCC(N)=O)C(=O)O. The van der Waals surface area contributed by atoms with Gasteiger partial charge < -0.3 is 26.2 Å². The van der Waals surface area contributed by atoms with E-state index in [9.17, 15) is 19.5 Å². The molecule has 0 heterocycles. The number of nitrogens with one attached hydrogen (secondary N) is 2. The van der Waals surface area contributed by atoms with Crippen LogP contribution in [0.2, 0.25) is 0 Å². The van der Waals surface area contributed by atoms with Crippen molar-refractivity contribution in [3.8, 4) is 0 Å². The van der Waals surface area contributed by atoms with Crippen LogP contribution >= 0.6 is 0 Å². The van der Waals surface area contributed by atoms with E-state index in [1.165, 1.54) is 0 Å². The van der Waals surface area contributed by atoms with E-state index >= 15 is 0 Å². The Morgan fingerprint density at radius 2 is 1.88 bits per heavy atom. The van der Waals surface area contributed by atoms with E-state index in [1.807, 2.05) is 0 Å². The summed E-state index contributed by atoms with van der Waals surface area (Å²) < 4.78 is 5.08. The Morgan fingerprint density at radius 1 is 1.25 bits per heavy atom. The van der Waals surface area contributed by atoms with Crippen molar-refractivity contribution in [3.63, 3.8) is 0 Å². The van der Waals surface area contributed by atoms with Crippen molar-refractivity contribution < 1.29 is 24.2 Å². The first-order valence-corrected chi connectivity index (χ1v) is 7.41. The van der Waals surface area contributed by atoms with Crippen LogP contribution in [0.3, 0.4) is 0 Å². The summed E-state index contributed by atoms with van der Waals surface area (Å²) in [5, 5.41) is 14.5. The number of carbonyl (C=O) groups excluding carboxylic acids is 2. The van der Waals surface area contributed by atoms with Gasteiger partial charge in [0.2, 0.25) is 5.91 Å². The second-order valence-electron chi connectivity index (χ2n) is 6.22. The minimum atomic E-state index is -1.19. The molecule has 8 nitrogen and oxygen atoms in total. The Hall–Kier alpha value is -2.77. The van der Waals surface area contributed by atoms with Crippen LogP contribution in [-0.2, 0) is 20.7 Å². The number of alkyl carbamates (subject to hydrolysis) is 1. The van der Waals surface area contributed by atoms with Crippen LogP contribution in [0.15, 0.2) is 24.3 Å². The number of aliphatic carboxylic acids is 1. The van der Waals surface area contributed by atoms with Gasteiger partial charge in [-0.3, -0.25) is 4.79 Å². The lowest BCUT2D eigenvalue weighted by Gasteiger charge is -2.22. The molecule has 0 saturated carbocycles. The summed E-state index contributed by atoms with van der Waals surface area (Å²) in [5.41, 5.74) is 5.57. The van der Waals surface area contributed by atoms with Gasteiger partial charge in [0.1, 0.15) is 11.6 Å². The second kappa shape index (κ2) is 8.19. The van der Waals surface area contributed by atoms with Crippen LogP contribution in [0, 0.1) is 0 Å². The smallest absolute Gasteiger partial charge is 0.408 e. The van der Waals surface area contributed by atoms with Crippen LogP contribution in [0.5, 0.6) is 0 Å². The standard InChI is InChI=1S/C16H23N3O5/c1-16(2,3)24-15(23)19-12(14(21)22)8-10-6-4-5-7-11(10)18-9-13(17)20/h4-7,12,18H,8-9H2,1-3H3,(H2,17,20)(H,19,23)(H,21,22)/t12-/m0/s1. The highest BCUT2D eigenvalue weighted by Gasteiger charge is 2.25. The van der Waals surface area contributed by atoms with Gasteiger partial charge in [0, 0.05) is 12.1 Å². The van der Waals surface area contributed by atoms with Gasteiger partial charge in [-0.2, -0.15) is 0 Å². The van der Waals surface area contributed by atoms with Gasteiger partial charge in [0.05, 0.1) is 6.54 Å². The lowest BCUT2D eigenvalue weighted by atomic mass is 10.0. The number of anilines is 1. The van der Waals surface area contributed by atoms with E-state index in [0.29, 0.717) is 11.3 Å². The molecule has 5 N–H and O–H groups in total. The number of nitrogens with two attached hydrogens (primary N) is 1. The zero-order chi connectivity index (χ0) is 18.3. The van der Waals surface area contributed by atoms with Gasteiger partial charge in [-0.15, -0.1) is 0 Å². The predicted octanol–water partition coefficient (Wildman–Crippen LogP) is 1.10. The number of carboxylic acid groups (broad SMARTS) is 1. The zero-order valence-corrected chi connectivity index (χ0v) is 14.0. The fourth-order valence-electron chi connectivity index (χ4n) is 1.92. The van der Waals surface area contributed by atoms with Crippen LogP contribution < -0.4 is 16.4 Å². The molecule has 0 fully saturated rings. The van der Waals surface area contributed by atoms with E-state index in [-0.39, 0.29) is 13.0 Å². The number of amides is 2. The molecule has 0 spiro atoms. The first-order chi connectivity index (χ1) is 11.1.